The Morgan fingerprint density at radius 1 is 0.868 bits per heavy atom. The number of ketones is 3. The largest absolute Gasteiger partial charge is 0.460 e. The molecule has 0 aromatic carbocycles. The normalized spacial score (nSPS) is 38.2. The van der Waals surface area contributed by atoms with Gasteiger partial charge >= 0.3 is 5.97 Å². The lowest BCUT2D eigenvalue weighted by molar-refractivity contribution is -0.265. The number of Topliss-reactive ketones (excluding diaryl/α,β-unsaturated/α-hetero) is 3. The van der Waals surface area contributed by atoms with E-state index in [9.17, 15) is 38.8 Å². The summed E-state index contributed by atoms with van der Waals surface area (Å²) in [4.78, 5) is 72.0. The molecule has 1 amide bonds. The van der Waals surface area contributed by atoms with Crippen molar-refractivity contribution in [2.24, 2.45) is 41.4 Å². The first-order valence-electron chi connectivity index (χ1n) is 25.1. The van der Waals surface area contributed by atoms with Crippen molar-refractivity contribution in [3.63, 3.8) is 0 Å². The summed E-state index contributed by atoms with van der Waals surface area (Å²) in [6, 6.07) is -1.14. The number of cyclic esters (lactones) is 1. The minimum Gasteiger partial charge on any atom is -0.460 e. The maximum Gasteiger partial charge on any atom is 0.329 e. The number of nitrogens with zero attached hydrogens (tertiary/aromatic N) is 1. The van der Waals surface area contributed by atoms with E-state index in [0.717, 1.165) is 12.0 Å². The number of hydrogen-bond acceptors (Lipinski definition) is 13. The fourth-order valence-electron chi connectivity index (χ4n) is 10.6. The number of piperidine rings is 1. The molecular formula is C53H84NO13P. The molecule has 15 atom stereocenters. The zero-order valence-electron chi connectivity index (χ0n) is 43.0. The van der Waals surface area contributed by atoms with Gasteiger partial charge in [0, 0.05) is 70.6 Å². The second kappa shape index (κ2) is 25.8. The Hall–Kier alpha value is -3.10. The Kier molecular flexibility index (Phi) is 21.8. The molecule has 0 radical (unpaired) electrons. The van der Waals surface area contributed by atoms with E-state index in [0.29, 0.717) is 63.4 Å². The Balaban J connectivity index is 1.69. The Bertz CT molecular complexity index is 1920. The molecule has 4 aliphatic rings. The van der Waals surface area contributed by atoms with Crippen LogP contribution in [-0.2, 0) is 52.0 Å². The van der Waals surface area contributed by atoms with Crippen molar-refractivity contribution in [1.29, 1.82) is 0 Å². The highest BCUT2D eigenvalue weighted by atomic mass is 31.2. The number of hydrogen-bond donors (Lipinski definition) is 2. The van der Waals surface area contributed by atoms with Gasteiger partial charge in [-0.3, -0.25) is 23.7 Å². The number of esters is 1. The molecule has 0 aromatic rings. The van der Waals surface area contributed by atoms with Crippen molar-refractivity contribution in [2.75, 3.05) is 34.1 Å². The number of amides is 1. The molecule has 3 aliphatic heterocycles. The average molecular weight is 974 g/mol. The second-order valence-electron chi connectivity index (χ2n) is 21.1. The van der Waals surface area contributed by atoms with E-state index >= 15 is 0 Å². The van der Waals surface area contributed by atoms with Crippen molar-refractivity contribution in [2.45, 2.75) is 181 Å². The quantitative estimate of drug-likeness (QED) is 0.107. The third kappa shape index (κ3) is 15.7. The SMILES string of the molecule is CO[C@H]1C[C@@H]2CC[C@@H](C)[C@@](O)(O2)C(=O)C(=O)N2CCCC[C@H]2C(=O)O[C@H]([C@H](C)C[C@@H]2CC[C@@H](OP(C)(C)=O)[C@H](OC)C2)CC(=O)[C@H](C)/C=C(\C)[C@@H](O)[C@@H](C)C(=O)[C@H](C)C[C@H](C)/C=C/C=CC=C1C. The minimum absolute atomic E-state index is 0.0670. The standard InChI is InChI=1S/C53H84NO13P/c1-32-18-14-13-15-19-33(2)45(63-9)30-41-23-21-38(7)53(61,66-41)50(58)51(59)54-25-17-16-20-42(54)52(60)65-46(35(4)28-40-22-24-44(47(29-40)64-10)67-68(11,12)62)31-43(55)34(3)27-37(6)49(57)39(8)48(56)36(5)26-32/h13-15,18-19,27,32,34-36,38-42,44-47,49,57,61H,16-17,20-26,28-31H2,1-12H3/b15-13?,18-14+,33-19?,37-27+/t32-,34-,35-,36-,38-,39+,40+,41+,42+,44-,45+,46+,47-,49-,53-/m1/s1. The molecule has 0 aromatic heterocycles. The number of ether oxygens (including phenoxy) is 4. The van der Waals surface area contributed by atoms with Gasteiger partial charge in [0.2, 0.25) is 5.79 Å². The third-order valence-electron chi connectivity index (χ3n) is 14.9. The summed E-state index contributed by atoms with van der Waals surface area (Å²) < 4.78 is 42.6. The molecule has 1 aliphatic carbocycles. The molecule has 0 spiro atoms. The number of allylic oxidation sites excluding steroid dienone is 6. The van der Waals surface area contributed by atoms with Gasteiger partial charge in [-0.05, 0) is 107 Å². The molecule has 2 saturated heterocycles. The maximum absolute atomic E-state index is 14.5. The predicted molar refractivity (Wildman–Crippen MR) is 262 cm³/mol. The number of methoxy groups -OCH3 is 2. The van der Waals surface area contributed by atoms with E-state index in [1.807, 2.05) is 58.1 Å². The molecule has 3 heterocycles. The average Bonchev–Trinajstić information content (AvgIpc) is 3.29. The second-order valence-corrected chi connectivity index (χ2v) is 23.8. The number of fused-ring (bicyclic) bond motifs is 3. The lowest BCUT2D eigenvalue weighted by Crippen LogP contribution is -2.61. The van der Waals surface area contributed by atoms with Crippen LogP contribution in [-0.4, -0.2) is 127 Å². The first-order chi connectivity index (χ1) is 31.9. The highest BCUT2D eigenvalue weighted by Crippen LogP contribution is 2.45. The summed E-state index contributed by atoms with van der Waals surface area (Å²) in [6.07, 6.45) is 13.2. The van der Waals surface area contributed by atoms with E-state index in [2.05, 4.69) is 0 Å². The molecule has 2 N–H and O–H groups in total. The van der Waals surface area contributed by atoms with Gasteiger partial charge in [0.25, 0.3) is 11.7 Å². The number of rotatable bonds is 7. The predicted octanol–water partition coefficient (Wildman–Crippen LogP) is 8.36. The number of aliphatic hydroxyl groups excluding tert-OH is 1. The van der Waals surface area contributed by atoms with Crippen LogP contribution in [0.15, 0.2) is 47.6 Å². The molecule has 4 rings (SSSR count). The first-order valence-corrected chi connectivity index (χ1v) is 27.6. The number of aliphatic hydroxyl groups is 2. The van der Waals surface area contributed by atoms with Crippen LogP contribution in [0.2, 0.25) is 0 Å². The summed E-state index contributed by atoms with van der Waals surface area (Å²) in [5.41, 5.74) is 1.37. The lowest BCUT2D eigenvalue weighted by atomic mass is 9.78. The van der Waals surface area contributed by atoms with Crippen LogP contribution in [0.3, 0.4) is 0 Å². The topological polar surface area (TPSA) is 192 Å². The molecule has 15 heteroatoms. The van der Waals surface area contributed by atoms with E-state index in [1.54, 1.807) is 61.3 Å². The molecular weight excluding hydrogens is 890 g/mol. The molecule has 1 saturated carbocycles. The smallest absolute Gasteiger partial charge is 0.329 e. The maximum atomic E-state index is 14.5. The molecule has 68 heavy (non-hydrogen) atoms. The summed E-state index contributed by atoms with van der Waals surface area (Å²) in [5, 5.41) is 23.4. The van der Waals surface area contributed by atoms with Crippen LogP contribution in [0.5, 0.6) is 0 Å². The van der Waals surface area contributed by atoms with Crippen molar-refractivity contribution < 1.29 is 62.2 Å². The molecule has 2 bridgehead atoms. The Morgan fingerprint density at radius 3 is 2.24 bits per heavy atom. The summed E-state index contributed by atoms with van der Waals surface area (Å²) in [6.45, 7) is 17.8. The number of carbonyl (C=O) groups is 5. The minimum atomic E-state index is -2.78. The van der Waals surface area contributed by atoms with Crippen molar-refractivity contribution >= 4 is 36.6 Å². The summed E-state index contributed by atoms with van der Waals surface area (Å²) in [7, 11) is 0.403. The number of carbonyl (C=O) groups excluding carboxylic acids is 5. The fraction of sp³-hybridized carbons (Fsp3) is 0.755. The van der Waals surface area contributed by atoms with Crippen LogP contribution in [0, 0.1) is 41.4 Å². The van der Waals surface area contributed by atoms with Gasteiger partial charge in [-0.2, -0.15) is 0 Å². The van der Waals surface area contributed by atoms with Crippen LogP contribution >= 0.6 is 7.37 Å². The van der Waals surface area contributed by atoms with Crippen molar-refractivity contribution in [3.8, 4) is 0 Å². The van der Waals surface area contributed by atoms with Gasteiger partial charge in [-0.15, -0.1) is 0 Å². The monoisotopic (exact) mass is 974 g/mol. The van der Waals surface area contributed by atoms with Gasteiger partial charge in [-0.1, -0.05) is 78.0 Å². The van der Waals surface area contributed by atoms with Crippen molar-refractivity contribution in [1.82, 2.24) is 4.90 Å². The summed E-state index contributed by atoms with van der Waals surface area (Å²) in [5.74, 6) is -8.29. The highest BCUT2D eigenvalue weighted by molar-refractivity contribution is 7.57. The van der Waals surface area contributed by atoms with Crippen LogP contribution in [0.4, 0.5) is 0 Å². The van der Waals surface area contributed by atoms with Gasteiger partial charge in [-0.25, -0.2) is 4.79 Å². The van der Waals surface area contributed by atoms with Gasteiger partial charge < -0.3 is 38.6 Å². The molecule has 3 fully saturated rings. The Morgan fingerprint density at radius 2 is 1.57 bits per heavy atom. The lowest BCUT2D eigenvalue weighted by Gasteiger charge is -2.42. The van der Waals surface area contributed by atoms with E-state index < -0.39 is 79.0 Å². The van der Waals surface area contributed by atoms with E-state index in [-0.39, 0.29) is 66.8 Å². The zero-order valence-corrected chi connectivity index (χ0v) is 43.9. The first kappa shape index (κ1) is 57.5. The zero-order chi connectivity index (χ0) is 50.7. The van der Waals surface area contributed by atoms with Gasteiger partial charge in [0.15, 0.2) is 7.37 Å². The third-order valence-corrected chi connectivity index (χ3v) is 15.7. The highest BCUT2D eigenvalue weighted by Gasteiger charge is 2.53. The molecule has 0 unspecified atom stereocenters. The molecule has 384 valence electrons. The van der Waals surface area contributed by atoms with Crippen molar-refractivity contribution in [3.05, 3.63) is 47.6 Å². The van der Waals surface area contributed by atoms with E-state index in [4.69, 9.17) is 23.5 Å². The van der Waals surface area contributed by atoms with Crippen LogP contribution in [0.1, 0.15) is 132 Å². The Labute approximate surface area is 406 Å². The molecule has 14 nitrogen and oxygen atoms in total. The van der Waals surface area contributed by atoms with Crippen LogP contribution in [0.25, 0.3) is 0 Å². The fourth-order valence-corrected chi connectivity index (χ4v) is 11.5. The van der Waals surface area contributed by atoms with Gasteiger partial charge in [0.1, 0.15) is 23.7 Å². The summed E-state index contributed by atoms with van der Waals surface area (Å²) >= 11 is 0. The van der Waals surface area contributed by atoms with Gasteiger partial charge in [0.05, 0.1) is 30.5 Å². The van der Waals surface area contributed by atoms with Crippen LogP contribution < -0.4 is 0 Å². The van der Waals surface area contributed by atoms with E-state index in [1.165, 1.54) is 4.90 Å².